The second-order valence-electron chi connectivity index (χ2n) is 4.70. The SMILES string of the molecule is CC(C)n1ccn(CCOc2cccc(N)c2)c1=O. The number of imidazole rings is 1. The molecule has 1 aromatic carbocycles. The van der Waals surface area contributed by atoms with Crippen molar-refractivity contribution in [3.63, 3.8) is 0 Å². The number of benzene rings is 1. The van der Waals surface area contributed by atoms with E-state index in [0.29, 0.717) is 18.8 Å². The summed E-state index contributed by atoms with van der Waals surface area (Å²) in [5.74, 6) is 0.719. The van der Waals surface area contributed by atoms with E-state index in [1.807, 2.05) is 26.0 Å². The third-order valence-corrected chi connectivity index (χ3v) is 2.89. The minimum atomic E-state index is -0.00817. The molecule has 0 atom stereocenters. The van der Waals surface area contributed by atoms with Crippen LogP contribution in [0.3, 0.4) is 0 Å². The van der Waals surface area contributed by atoms with Gasteiger partial charge in [0.05, 0.1) is 6.54 Å². The average molecular weight is 261 g/mol. The number of rotatable bonds is 5. The van der Waals surface area contributed by atoms with E-state index in [-0.39, 0.29) is 11.7 Å². The smallest absolute Gasteiger partial charge is 0.328 e. The van der Waals surface area contributed by atoms with Crippen LogP contribution in [0.15, 0.2) is 41.5 Å². The molecule has 0 saturated carbocycles. The second kappa shape index (κ2) is 5.65. The van der Waals surface area contributed by atoms with Crippen molar-refractivity contribution in [3.05, 3.63) is 47.1 Å². The van der Waals surface area contributed by atoms with Gasteiger partial charge in [-0.1, -0.05) is 6.07 Å². The average Bonchev–Trinajstić information content (AvgIpc) is 2.71. The van der Waals surface area contributed by atoms with Gasteiger partial charge < -0.3 is 10.5 Å². The van der Waals surface area contributed by atoms with Crippen molar-refractivity contribution in [2.45, 2.75) is 26.4 Å². The van der Waals surface area contributed by atoms with Crippen LogP contribution in [0.4, 0.5) is 5.69 Å². The summed E-state index contributed by atoms with van der Waals surface area (Å²) in [6.45, 7) is 4.92. The van der Waals surface area contributed by atoms with Crippen molar-refractivity contribution < 1.29 is 4.74 Å². The zero-order chi connectivity index (χ0) is 13.8. The molecular formula is C14H19N3O2. The van der Waals surface area contributed by atoms with E-state index < -0.39 is 0 Å². The zero-order valence-electron chi connectivity index (χ0n) is 11.2. The van der Waals surface area contributed by atoms with E-state index in [1.54, 1.807) is 33.7 Å². The minimum absolute atomic E-state index is 0.00817. The molecule has 2 rings (SSSR count). The van der Waals surface area contributed by atoms with Crippen LogP contribution in [0.25, 0.3) is 0 Å². The molecule has 0 radical (unpaired) electrons. The summed E-state index contributed by atoms with van der Waals surface area (Å²) in [6.07, 6.45) is 3.58. The first-order chi connectivity index (χ1) is 9.08. The third kappa shape index (κ3) is 3.19. The van der Waals surface area contributed by atoms with Crippen LogP contribution in [0.1, 0.15) is 19.9 Å². The Labute approximate surface area is 112 Å². The Morgan fingerprint density at radius 2 is 2.11 bits per heavy atom. The monoisotopic (exact) mass is 261 g/mol. The van der Waals surface area contributed by atoms with E-state index in [2.05, 4.69) is 0 Å². The molecule has 0 amide bonds. The third-order valence-electron chi connectivity index (χ3n) is 2.89. The van der Waals surface area contributed by atoms with Crippen LogP contribution in [0.2, 0.25) is 0 Å². The van der Waals surface area contributed by atoms with Gasteiger partial charge in [-0.3, -0.25) is 9.13 Å². The summed E-state index contributed by atoms with van der Waals surface area (Å²) in [5, 5.41) is 0. The van der Waals surface area contributed by atoms with Crippen molar-refractivity contribution >= 4 is 5.69 Å². The van der Waals surface area contributed by atoms with E-state index in [1.165, 1.54) is 0 Å². The van der Waals surface area contributed by atoms with Gasteiger partial charge in [0.1, 0.15) is 12.4 Å². The van der Waals surface area contributed by atoms with Gasteiger partial charge in [0.2, 0.25) is 0 Å². The topological polar surface area (TPSA) is 62.2 Å². The number of nitrogens with two attached hydrogens (primary N) is 1. The van der Waals surface area contributed by atoms with Crippen LogP contribution >= 0.6 is 0 Å². The molecular weight excluding hydrogens is 242 g/mol. The molecule has 1 aromatic heterocycles. The van der Waals surface area contributed by atoms with Gasteiger partial charge >= 0.3 is 5.69 Å². The molecule has 102 valence electrons. The van der Waals surface area contributed by atoms with Crippen LogP contribution in [-0.2, 0) is 6.54 Å². The molecule has 2 aromatic rings. The van der Waals surface area contributed by atoms with Gasteiger partial charge in [-0.05, 0) is 26.0 Å². The Hall–Kier alpha value is -2.17. The highest BCUT2D eigenvalue weighted by Crippen LogP contribution is 2.14. The highest BCUT2D eigenvalue weighted by atomic mass is 16.5. The van der Waals surface area contributed by atoms with E-state index >= 15 is 0 Å². The molecule has 0 aliphatic rings. The fraction of sp³-hybridized carbons (Fsp3) is 0.357. The number of aromatic nitrogens is 2. The van der Waals surface area contributed by atoms with Crippen molar-refractivity contribution in [3.8, 4) is 5.75 Å². The molecule has 0 spiro atoms. The summed E-state index contributed by atoms with van der Waals surface area (Å²) in [6, 6.07) is 7.43. The van der Waals surface area contributed by atoms with Crippen LogP contribution in [0, 0.1) is 0 Å². The van der Waals surface area contributed by atoms with E-state index in [0.717, 1.165) is 5.75 Å². The molecule has 2 N–H and O–H groups in total. The lowest BCUT2D eigenvalue weighted by Gasteiger charge is -2.07. The summed E-state index contributed by atoms with van der Waals surface area (Å²) in [4.78, 5) is 12.0. The highest BCUT2D eigenvalue weighted by Gasteiger charge is 2.05. The van der Waals surface area contributed by atoms with Gasteiger partial charge in [0.15, 0.2) is 0 Å². The fourth-order valence-corrected chi connectivity index (χ4v) is 1.86. The summed E-state index contributed by atoms with van der Waals surface area (Å²) >= 11 is 0. The Balaban J connectivity index is 1.95. The molecule has 5 heteroatoms. The molecule has 0 fully saturated rings. The van der Waals surface area contributed by atoms with Crippen LogP contribution in [0.5, 0.6) is 5.75 Å². The van der Waals surface area contributed by atoms with Crippen molar-refractivity contribution in [2.24, 2.45) is 0 Å². The Kier molecular flexibility index (Phi) is 3.94. The fourth-order valence-electron chi connectivity index (χ4n) is 1.86. The van der Waals surface area contributed by atoms with Gasteiger partial charge in [-0.25, -0.2) is 4.79 Å². The largest absolute Gasteiger partial charge is 0.492 e. The summed E-state index contributed by atoms with van der Waals surface area (Å²) in [5.41, 5.74) is 6.32. The van der Waals surface area contributed by atoms with Crippen molar-refractivity contribution in [1.29, 1.82) is 0 Å². The molecule has 19 heavy (non-hydrogen) atoms. The van der Waals surface area contributed by atoms with Crippen molar-refractivity contribution in [2.75, 3.05) is 12.3 Å². The molecule has 0 unspecified atom stereocenters. The highest BCUT2D eigenvalue weighted by molar-refractivity contribution is 5.43. The summed E-state index contributed by atoms with van der Waals surface area (Å²) in [7, 11) is 0. The predicted octanol–water partition coefficient (Wildman–Crippen LogP) is 1.89. The summed E-state index contributed by atoms with van der Waals surface area (Å²) < 4.78 is 8.91. The molecule has 0 aliphatic carbocycles. The van der Waals surface area contributed by atoms with Gasteiger partial charge in [0.25, 0.3) is 0 Å². The van der Waals surface area contributed by atoms with E-state index in [4.69, 9.17) is 10.5 Å². The Morgan fingerprint density at radius 3 is 2.74 bits per heavy atom. The maximum Gasteiger partial charge on any atom is 0.328 e. The quantitative estimate of drug-likeness (QED) is 0.836. The van der Waals surface area contributed by atoms with Gasteiger partial charge in [0, 0.05) is 30.2 Å². The first-order valence-electron chi connectivity index (χ1n) is 6.33. The molecule has 5 nitrogen and oxygen atoms in total. The number of nitrogen functional groups attached to an aromatic ring is 1. The molecule has 0 aliphatic heterocycles. The number of hydrogen-bond donors (Lipinski definition) is 1. The Bertz CT molecular complexity index is 599. The van der Waals surface area contributed by atoms with Crippen molar-refractivity contribution in [1.82, 2.24) is 9.13 Å². The standard InChI is InChI=1S/C14H19N3O2/c1-11(2)17-7-6-16(14(17)18)8-9-19-13-5-3-4-12(15)10-13/h3-7,10-11H,8-9,15H2,1-2H3. The second-order valence-corrected chi connectivity index (χ2v) is 4.70. The lowest BCUT2D eigenvalue weighted by Crippen LogP contribution is -2.26. The zero-order valence-corrected chi connectivity index (χ0v) is 11.2. The number of anilines is 1. The molecule has 0 bridgehead atoms. The maximum atomic E-state index is 12.0. The minimum Gasteiger partial charge on any atom is -0.492 e. The number of nitrogens with zero attached hydrogens (tertiary/aromatic N) is 2. The first-order valence-corrected chi connectivity index (χ1v) is 6.33. The van der Waals surface area contributed by atoms with Gasteiger partial charge in [-0.2, -0.15) is 0 Å². The first kappa shape index (κ1) is 13.3. The lowest BCUT2D eigenvalue weighted by atomic mass is 10.3. The normalized spacial score (nSPS) is 10.9. The van der Waals surface area contributed by atoms with Crippen LogP contribution < -0.4 is 16.2 Å². The maximum absolute atomic E-state index is 12.0. The van der Waals surface area contributed by atoms with E-state index in [9.17, 15) is 4.79 Å². The van der Waals surface area contributed by atoms with Gasteiger partial charge in [-0.15, -0.1) is 0 Å². The molecule has 1 heterocycles. The Morgan fingerprint density at radius 1 is 1.32 bits per heavy atom. The number of hydrogen-bond acceptors (Lipinski definition) is 3. The van der Waals surface area contributed by atoms with Crippen LogP contribution in [-0.4, -0.2) is 15.7 Å². The predicted molar refractivity (Wildman–Crippen MR) is 75.4 cm³/mol. The molecule has 0 saturated heterocycles. The lowest BCUT2D eigenvalue weighted by molar-refractivity contribution is 0.295. The number of ether oxygens (including phenoxy) is 1.